The van der Waals surface area contributed by atoms with E-state index in [2.05, 4.69) is 34.9 Å². The van der Waals surface area contributed by atoms with Gasteiger partial charge >= 0.3 is 5.97 Å². The van der Waals surface area contributed by atoms with Crippen molar-refractivity contribution in [1.29, 1.82) is 0 Å². The number of methoxy groups -OCH3 is 3. The number of rotatable bonds is 9. The molecule has 140 heavy (non-hydrogen) atoms. The Morgan fingerprint density at radius 3 is 1.16 bits per heavy atom. The number of nitrogens with one attached hydrogen (secondary N) is 1. The summed E-state index contributed by atoms with van der Waals surface area (Å²) in [6, 6.07) is 29.1. The van der Waals surface area contributed by atoms with Crippen molar-refractivity contribution in [2.45, 2.75) is 185 Å². The average molecular weight is 1890 g/mol. The first-order chi connectivity index (χ1) is 67.2. The zero-order chi connectivity index (χ0) is 98.3. The Labute approximate surface area is 794 Å². The van der Waals surface area contributed by atoms with E-state index < -0.39 is 34.0 Å². The molecule has 6 aliphatic heterocycles. The third kappa shape index (κ3) is 13.8. The van der Waals surface area contributed by atoms with Gasteiger partial charge in [0.25, 0.3) is 33.4 Å². The van der Waals surface area contributed by atoms with Crippen LogP contribution < -0.4 is 52.5 Å². The van der Waals surface area contributed by atoms with Crippen LogP contribution in [0.1, 0.15) is 176 Å². The van der Waals surface area contributed by atoms with Crippen LogP contribution in [-0.4, -0.2) is 163 Å². The van der Waals surface area contributed by atoms with Gasteiger partial charge in [-0.1, -0.05) is 34.6 Å². The van der Waals surface area contributed by atoms with Gasteiger partial charge in [-0.2, -0.15) is 0 Å². The van der Waals surface area contributed by atoms with Crippen LogP contribution >= 0.6 is 0 Å². The lowest BCUT2D eigenvalue weighted by Gasteiger charge is -2.32. The van der Waals surface area contributed by atoms with Crippen LogP contribution in [0.15, 0.2) is 151 Å². The van der Waals surface area contributed by atoms with Crippen LogP contribution in [0.4, 0.5) is 5.82 Å². The molecule has 10 aliphatic rings. The molecule has 710 valence electrons. The summed E-state index contributed by atoms with van der Waals surface area (Å²) in [5.41, 5.74) is 10.0. The zero-order valence-corrected chi connectivity index (χ0v) is 78.1. The zero-order valence-electron chi connectivity index (χ0n) is 78.1. The lowest BCUT2D eigenvalue weighted by Crippen LogP contribution is -2.44. The van der Waals surface area contributed by atoms with E-state index in [1.807, 2.05) is 55.4 Å². The van der Waals surface area contributed by atoms with Crippen LogP contribution in [0.3, 0.4) is 0 Å². The Morgan fingerprint density at radius 1 is 0.364 bits per heavy atom. The van der Waals surface area contributed by atoms with Crippen LogP contribution in [-0.2, 0) is 122 Å². The molecule has 36 nitrogen and oxygen atoms in total. The van der Waals surface area contributed by atoms with E-state index >= 15 is 0 Å². The third-order valence-electron chi connectivity index (χ3n) is 29.5. The lowest BCUT2D eigenvalue weighted by molar-refractivity contribution is -0.172. The Morgan fingerprint density at radius 2 is 0.736 bits per heavy atom. The Hall–Kier alpha value is -15.5. The van der Waals surface area contributed by atoms with Crippen molar-refractivity contribution in [2.24, 2.45) is 0 Å². The van der Waals surface area contributed by atoms with E-state index in [0.29, 0.717) is 216 Å². The fourth-order valence-corrected chi connectivity index (χ4v) is 21.7. The van der Waals surface area contributed by atoms with Crippen LogP contribution in [0.5, 0.6) is 17.6 Å². The van der Waals surface area contributed by atoms with Crippen molar-refractivity contribution in [2.75, 3.05) is 40.3 Å². The molecule has 0 aromatic carbocycles. The number of carbonyl (C=O) groups is 5. The van der Waals surface area contributed by atoms with Gasteiger partial charge in [-0.05, 0) is 143 Å². The Balaban J connectivity index is 0.000000104. The lowest BCUT2D eigenvalue weighted by atomic mass is 9.77. The molecule has 0 amide bonds. The number of fused-ring (bicyclic) bond motifs is 25. The molecular formula is C104H94N16O20. The molecule has 25 rings (SSSR count). The van der Waals surface area contributed by atoms with Crippen molar-refractivity contribution in [3.05, 3.63) is 267 Å². The fourth-order valence-electron chi connectivity index (χ4n) is 21.7. The summed E-state index contributed by atoms with van der Waals surface area (Å²) >= 11 is 0. The first-order valence-electron chi connectivity index (χ1n) is 46.5. The Bertz CT molecular complexity index is 8290. The van der Waals surface area contributed by atoms with Crippen molar-refractivity contribution in [3.63, 3.8) is 0 Å². The minimum atomic E-state index is -1.82. The number of cyclic esters (lactones) is 1. The predicted octanol–water partition coefficient (Wildman–Crippen LogP) is 8.59. The number of aromatic nitrogens is 15. The maximum atomic E-state index is 13.2. The van der Waals surface area contributed by atoms with Crippen molar-refractivity contribution in [1.82, 2.24) is 72.7 Å². The molecule has 5 atom stereocenters. The van der Waals surface area contributed by atoms with Crippen molar-refractivity contribution < 1.29 is 68.5 Å². The number of H-pyrrole nitrogens is 1. The molecule has 21 heterocycles. The first-order valence-corrected chi connectivity index (χ1v) is 46.5. The van der Waals surface area contributed by atoms with Gasteiger partial charge in [-0.15, -0.1) is 0 Å². The highest BCUT2D eigenvalue weighted by Crippen LogP contribution is 2.47. The summed E-state index contributed by atoms with van der Waals surface area (Å²) in [5, 5.41) is 57.9. The molecule has 15 aromatic heterocycles. The second-order valence-corrected chi connectivity index (χ2v) is 36.9. The third-order valence-corrected chi connectivity index (χ3v) is 29.5. The number of hydrogen-bond donors (Lipinski definition) is 6. The van der Waals surface area contributed by atoms with Crippen LogP contribution in [0, 0.1) is 0 Å². The van der Waals surface area contributed by atoms with Crippen LogP contribution in [0.25, 0.3) is 112 Å². The minimum Gasteiger partial charge on any atom is -0.481 e. The number of esters is 1. The summed E-state index contributed by atoms with van der Waals surface area (Å²) in [4.78, 5) is 185. The number of aromatic amines is 1. The van der Waals surface area contributed by atoms with E-state index in [-0.39, 0.29) is 121 Å². The summed E-state index contributed by atoms with van der Waals surface area (Å²) < 4.78 is 29.1. The highest BCUT2D eigenvalue weighted by atomic mass is 16.6. The second kappa shape index (κ2) is 33.4. The summed E-state index contributed by atoms with van der Waals surface area (Å²) in [6.45, 7) is 10.5. The van der Waals surface area contributed by atoms with Crippen LogP contribution in [0.2, 0.25) is 0 Å². The van der Waals surface area contributed by atoms with Gasteiger partial charge in [0.2, 0.25) is 17.6 Å². The number of Topliss-reactive ketones (excluding diaryl/α,β-unsaturated/α-hetero) is 4. The molecule has 15 aromatic rings. The van der Waals surface area contributed by atoms with Gasteiger partial charge in [0.15, 0.2) is 28.7 Å². The molecule has 0 bridgehead atoms. The predicted molar refractivity (Wildman–Crippen MR) is 513 cm³/mol. The van der Waals surface area contributed by atoms with E-state index in [0.717, 1.165) is 61.0 Å². The molecule has 0 saturated heterocycles. The summed E-state index contributed by atoms with van der Waals surface area (Å²) in [5.74, 6) is 0.645. The van der Waals surface area contributed by atoms with E-state index in [9.17, 15) is 78.3 Å². The number of nitrogens with zero attached hydrogens (tertiary/aromatic N) is 15. The van der Waals surface area contributed by atoms with Gasteiger partial charge in [-0.25, -0.2) is 49.7 Å². The number of aliphatic hydroxyl groups is 5. The largest absolute Gasteiger partial charge is 0.481 e. The molecule has 0 saturated carbocycles. The van der Waals surface area contributed by atoms with E-state index in [1.54, 1.807) is 158 Å². The molecule has 36 heteroatoms. The van der Waals surface area contributed by atoms with E-state index in [1.165, 1.54) is 6.20 Å². The number of hydrogen-bond acceptors (Lipinski definition) is 30. The maximum absolute atomic E-state index is 13.2. The molecule has 4 aliphatic carbocycles. The number of anilines is 1. The highest BCUT2D eigenvalue weighted by Gasteiger charge is 2.50. The van der Waals surface area contributed by atoms with Gasteiger partial charge in [0.05, 0.1) is 167 Å². The molecule has 0 spiro atoms. The van der Waals surface area contributed by atoms with Gasteiger partial charge in [0, 0.05) is 159 Å². The second-order valence-electron chi connectivity index (χ2n) is 36.9. The average Bonchev–Trinajstić information content (AvgIpc) is 1.55. The molecule has 0 radical (unpaired) electrons. The van der Waals surface area contributed by atoms with E-state index in [4.69, 9.17) is 33.9 Å². The van der Waals surface area contributed by atoms with Gasteiger partial charge in [-0.3, -0.25) is 47.9 Å². The number of ketones is 4. The molecular weight excluding hydrogens is 1790 g/mol. The molecule has 0 fully saturated rings. The standard InChI is InChI=1S/C22H22N4O3.2C21H19N3O4.C20H17N3O5.C20H17N3O4/c1-4-22(29)15-10-17-19-12(11-26(17)21(28)13(15)5-6-18(22)27)9-14-16(24-19)7-8-23-20(14)25(2)3;1-3-21(27)14-8-16-19-12(6-11-7-18(28-2)22-9-15(11)23-19)10-24(16)20(26)13(14)4-5-17(21)25;1-3-21(27)14-9-16-18-11(8-13-15(23-18)6-7-22-19(13)28-2)10-24(16)20(26)12(14)4-5-17(21)25;1-3-20(26)12-7-15-17-10(6-14-13(22-17)4-5-16(21-14)27-2)8-23(15)18(24)11(12)9-28-19(20)25;1-2-20(27)13-8-15-17-10(7-12-14(22-17)5-6-21-18(12)25)9-23(15)19(26)11(13)3-4-16(20)24/h7-10,29H,4-6,11H2,1-3H3;2*6-9,27H,3-5,10H2,1-2H3;4-7,26H,3,8-9H2,1-2H3;5-8,27H,2-4,9H2,1H3,(H,21,25)/t22-;2*21-;2*20-/m00000/s1. The number of carbonyl (C=O) groups excluding carboxylic acids is 5. The Kier molecular flexibility index (Phi) is 21.7. The minimum absolute atomic E-state index is 0.115. The van der Waals surface area contributed by atoms with Crippen molar-refractivity contribution in [3.8, 4) is 74.6 Å². The summed E-state index contributed by atoms with van der Waals surface area (Å²) in [7, 11) is 8.54. The van der Waals surface area contributed by atoms with Gasteiger partial charge < -0.3 is 77.2 Å². The highest BCUT2D eigenvalue weighted by molar-refractivity contribution is 5.97. The topological polar surface area (TPSA) is 486 Å². The SMILES string of the molecule is CC[C@@]1(O)C(=O)CCc2c1cc1n(c2=O)Cc2cc3c(=O)[nH]ccc3nc2-1.CC[C@@]1(O)C(=O)CCc2c1cc1n(c2=O)Cc2cc3c(N(C)C)nccc3nc2-1.CC[C@@]1(O)C(=O)CCc2c1cc1n(c2=O)Cc2cc3c(OC)nccc3nc2-1.CC[C@@]1(O)C(=O)CCc2c1cc1n(c2=O)Cc2cc3cc(OC)ncc3nc2-1.CC[C@@]1(O)C(=O)OCc2c1cc1n(c2=O)Cc2cc3nc(OC)ccc3nc2-1. The fraction of sp³-hybridized carbons (Fsp3) is 0.327. The van der Waals surface area contributed by atoms with Gasteiger partial charge in [0.1, 0.15) is 34.8 Å². The smallest absolute Gasteiger partial charge is 0.343 e. The molecule has 0 unspecified atom stereocenters. The normalized spacial score (nSPS) is 20.0. The first kappa shape index (κ1) is 90.9. The monoisotopic (exact) mass is 1890 g/mol. The summed E-state index contributed by atoms with van der Waals surface area (Å²) in [6.07, 6.45) is 9.74. The molecule has 6 N–H and O–H groups in total. The quantitative estimate of drug-likeness (QED) is 0.0736. The van der Waals surface area contributed by atoms with Crippen molar-refractivity contribution >= 4 is 89.6 Å². The number of pyridine rings is 15. The number of ether oxygens (including phenoxy) is 4. The maximum Gasteiger partial charge on any atom is 0.343 e.